The van der Waals surface area contributed by atoms with Gasteiger partial charge in [-0.1, -0.05) is 5.92 Å². The Labute approximate surface area is 109 Å². The largest absolute Gasteiger partial charge is 0.343 e. The van der Waals surface area contributed by atoms with Crippen molar-refractivity contribution in [3.63, 3.8) is 0 Å². The molecule has 0 aromatic carbocycles. The zero-order chi connectivity index (χ0) is 12.1. The number of hydrogen-bond donors (Lipinski definition) is 1. The maximum atomic E-state index is 5.28. The predicted octanol–water partition coefficient (Wildman–Crippen LogP) is 0.789. The van der Waals surface area contributed by atoms with Gasteiger partial charge in [0.2, 0.25) is 0 Å². The van der Waals surface area contributed by atoms with Gasteiger partial charge in [0.1, 0.15) is 6.17 Å². The molecule has 4 heteroatoms. The molecule has 2 heterocycles. The SMILES string of the molecule is C#CC#CC#CCC1NC(=S)N2CCCCN12.[HH]. The van der Waals surface area contributed by atoms with Gasteiger partial charge < -0.3 is 5.32 Å². The van der Waals surface area contributed by atoms with E-state index in [0.717, 1.165) is 18.2 Å². The van der Waals surface area contributed by atoms with Gasteiger partial charge in [0.25, 0.3) is 0 Å². The summed E-state index contributed by atoms with van der Waals surface area (Å²) in [6.45, 7) is 2.04. The van der Waals surface area contributed by atoms with E-state index in [0.29, 0.717) is 6.42 Å². The maximum Gasteiger partial charge on any atom is 0.185 e. The van der Waals surface area contributed by atoms with Gasteiger partial charge in [0.05, 0.1) is 0 Å². The number of terminal acetylenes is 1. The van der Waals surface area contributed by atoms with Crippen LogP contribution >= 0.6 is 12.2 Å². The third kappa shape index (κ3) is 2.71. The average Bonchev–Trinajstić information content (AvgIpc) is 2.67. The van der Waals surface area contributed by atoms with Crippen LogP contribution in [-0.2, 0) is 0 Å². The molecule has 0 aromatic rings. The van der Waals surface area contributed by atoms with Crippen molar-refractivity contribution in [2.75, 3.05) is 13.1 Å². The van der Waals surface area contributed by atoms with Crippen LogP contribution in [-0.4, -0.2) is 34.4 Å². The molecule has 2 aliphatic rings. The molecule has 2 fully saturated rings. The molecule has 0 bridgehead atoms. The van der Waals surface area contributed by atoms with Crippen LogP contribution in [0, 0.1) is 36.0 Å². The Balaban J connectivity index is 0.00000162. The van der Waals surface area contributed by atoms with E-state index in [2.05, 4.69) is 44.9 Å². The van der Waals surface area contributed by atoms with Crippen molar-refractivity contribution >= 4 is 17.3 Å². The Hall–Kier alpha value is -1.67. The minimum absolute atomic E-state index is 0. The third-order valence-corrected chi connectivity index (χ3v) is 3.11. The standard InChI is InChI=1S/C13H13N3S.H2/c1-2-3-4-5-6-9-12-14-13(17)16-11-8-7-10-15(12)16;/h1,12H,7-11H2,(H,14,17);1H. The first-order valence-electron chi connectivity index (χ1n) is 5.61. The van der Waals surface area contributed by atoms with Gasteiger partial charge >= 0.3 is 0 Å². The first-order valence-corrected chi connectivity index (χ1v) is 6.02. The highest BCUT2D eigenvalue weighted by molar-refractivity contribution is 7.80. The second-order valence-corrected chi connectivity index (χ2v) is 4.25. The van der Waals surface area contributed by atoms with Gasteiger partial charge in [-0.3, -0.25) is 5.01 Å². The molecule has 1 N–H and O–H groups in total. The number of fused-ring (bicyclic) bond motifs is 1. The smallest absolute Gasteiger partial charge is 0.185 e. The molecule has 0 saturated carbocycles. The quantitative estimate of drug-likeness (QED) is 0.543. The van der Waals surface area contributed by atoms with E-state index in [1.54, 1.807) is 0 Å². The number of hydrogen-bond acceptors (Lipinski definition) is 2. The molecule has 1 unspecified atom stereocenters. The second kappa shape index (κ2) is 5.60. The van der Waals surface area contributed by atoms with Crippen LogP contribution in [0.5, 0.6) is 0 Å². The molecule has 2 saturated heterocycles. The number of nitrogens with zero attached hydrogens (tertiary/aromatic N) is 2. The van der Waals surface area contributed by atoms with Crippen LogP contribution in [0.4, 0.5) is 0 Å². The molecule has 0 amide bonds. The number of thiocarbonyl (C=S) groups is 1. The summed E-state index contributed by atoms with van der Waals surface area (Å²) in [5, 5.41) is 8.49. The lowest BCUT2D eigenvalue weighted by Crippen LogP contribution is -2.46. The highest BCUT2D eigenvalue weighted by Gasteiger charge is 2.35. The second-order valence-electron chi connectivity index (χ2n) is 3.86. The molecule has 88 valence electrons. The van der Waals surface area contributed by atoms with Crippen LogP contribution in [0.15, 0.2) is 0 Å². The fourth-order valence-electron chi connectivity index (χ4n) is 2.03. The van der Waals surface area contributed by atoms with Gasteiger partial charge in [-0.05, 0) is 48.7 Å². The van der Waals surface area contributed by atoms with Gasteiger partial charge in [0, 0.05) is 20.9 Å². The van der Waals surface area contributed by atoms with Crippen molar-refractivity contribution in [2.45, 2.75) is 25.4 Å². The lowest BCUT2D eigenvalue weighted by Gasteiger charge is -2.34. The fourth-order valence-corrected chi connectivity index (χ4v) is 2.37. The van der Waals surface area contributed by atoms with Crippen molar-refractivity contribution in [3.05, 3.63) is 0 Å². The summed E-state index contributed by atoms with van der Waals surface area (Å²) in [5.41, 5.74) is 0. The van der Waals surface area contributed by atoms with Crippen molar-refractivity contribution in [3.8, 4) is 36.0 Å². The minimum Gasteiger partial charge on any atom is -0.343 e. The number of hydrazine groups is 1. The summed E-state index contributed by atoms with van der Waals surface area (Å²) >= 11 is 5.28. The third-order valence-electron chi connectivity index (χ3n) is 2.78. The van der Waals surface area contributed by atoms with Crippen LogP contribution in [0.25, 0.3) is 0 Å². The average molecular weight is 245 g/mol. The molecule has 0 aliphatic carbocycles. The van der Waals surface area contributed by atoms with Crippen LogP contribution in [0.3, 0.4) is 0 Å². The summed E-state index contributed by atoms with van der Waals surface area (Å²) in [7, 11) is 0. The summed E-state index contributed by atoms with van der Waals surface area (Å²) in [4.78, 5) is 0. The van der Waals surface area contributed by atoms with Gasteiger partial charge in [-0.15, -0.1) is 6.42 Å². The van der Waals surface area contributed by atoms with E-state index in [9.17, 15) is 0 Å². The molecule has 0 spiro atoms. The molecular formula is C13H15N3S. The maximum absolute atomic E-state index is 5.28. The Morgan fingerprint density at radius 2 is 2.18 bits per heavy atom. The van der Waals surface area contributed by atoms with Crippen molar-refractivity contribution in [2.24, 2.45) is 0 Å². The van der Waals surface area contributed by atoms with E-state index >= 15 is 0 Å². The van der Waals surface area contributed by atoms with Crippen molar-refractivity contribution in [1.82, 2.24) is 15.3 Å². The first-order chi connectivity index (χ1) is 8.33. The number of nitrogens with one attached hydrogen (secondary N) is 1. The lowest BCUT2D eigenvalue weighted by molar-refractivity contribution is 0.00616. The Kier molecular flexibility index (Phi) is 3.89. The monoisotopic (exact) mass is 245 g/mol. The van der Waals surface area contributed by atoms with Crippen LogP contribution in [0.1, 0.15) is 20.7 Å². The molecule has 2 aliphatic heterocycles. The zero-order valence-corrected chi connectivity index (χ0v) is 10.3. The molecule has 3 nitrogen and oxygen atoms in total. The van der Waals surface area contributed by atoms with E-state index in [1.165, 1.54) is 12.8 Å². The van der Waals surface area contributed by atoms with Crippen LogP contribution < -0.4 is 5.32 Å². The summed E-state index contributed by atoms with van der Waals surface area (Å²) in [6.07, 6.45) is 8.30. The van der Waals surface area contributed by atoms with Crippen LogP contribution in [0.2, 0.25) is 0 Å². The molecule has 1 atom stereocenters. The van der Waals surface area contributed by atoms with Gasteiger partial charge in [-0.25, -0.2) is 0 Å². The molecule has 0 radical (unpaired) electrons. The molecule has 17 heavy (non-hydrogen) atoms. The first kappa shape index (κ1) is 11.8. The van der Waals surface area contributed by atoms with Crippen molar-refractivity contribution < 1.29 is 1.43 Å². The van der Waals surface area contributed by atoms with Crippen molar-refractivity contribution in [1.29, 1.82) is 0 Å². The van der Waals surface area contributed by atoms with Gasteiger partial charge in [-0.2, -0.15) is 5.01 Å². The highest BCUT2D eigenvalue weighted by Crippen LogP contribution is 2.20. The minimum atomic E-state index is 0. The summed E-state index contributed by atoms with van der Waals surface area (Å²) < 4.78 is 0. The summed E-state index contributed by atoms with van der Waals surface area (Å²) in [5.74, 6) is 13.1. The topological polar surface area (TPSA) is 18.5 Å². The molecular weight excluding hydrogens is 230 g/mol. The van der Waals surface area contributed by atoms with Gasteiger partial charge in [0.15, 0.2) is 5.11 Å². The molecule has 2 rings (SSSR count). The van der Waals surface area contributed by atoms with E-state index < -0.39 is 0 Å². The van der Waals surface area contributed by atoms with E-state index in [-0.39, 0.29) is 7.59 Å². The lowest BCUT2D eigenvalue weighted by atomic mass is 10.2. The normalized spacial score (nSPS) is 22.4. The fraction of sp³-hybridized carbons (Fsp3) is 0.462. The number of rotatable bonds is 1. The Morgan fingerprint density at radius 1 is 1.35 bits per heavy atom. The predicted molar refractivity (Wildman–Crippen MR) is 73.3 cm³/mol. The highest BCUT2D eigenvalue weighted by atomic mass is 32.1. The van der Waals surface area contributed by atoms with E-state index in [4.69, 9.17) is 18.6 Å². The Morgan fingerprint density at radius 3 is 3.00 bits per heavy atom. The van der Waals surface area contributed by atoms with E-state index in [1.807, 2.05) is 0 Å². The Bertz CT molecular complexity index is 474. The zero-order valence-electron chi connectivity index (χ0n) is 9.49. The molecule has 0 aromatic heterocycles. The summed E-state index contributed by atoms with van der Waals surface area (Å²) in [6, 6.07) is 0.